The number of para-hydroxylation sites is 2. The molecule has 36 heavy (non-hydrogen) atoms. The molecule has 4 N–H and O–H groups in total. The molecule has 3 atom stereocenters. The molecular weight excluding hydrogens is 448 g/mol. The van der Waals surface area contributed by atoms with E-state index in [1.54, 1.807) is 0 Å². The Morgan fingerprint density at radius 2 is 1.72 bits per heavy atom. The molecule has 4 aromatic rings. The lowest BCUT2D eigenvalue weighted by molar-refractivity contribution is 0.0498. The molecule has 0 unspecified atom stereocenters. The number of aromatic amines is 1. The lowest BCUT2D eigenvalue weighted by Crippen LogP contribution is -2.52. The highest BCUT2D eigenvalue weighted by atomic mass is 16.6. The van der Waals surface area contributed by atoms with Crippen LogP contribution in [-0.2, 0) is 11.2 Å². The van der Waals surface area contributed by atoms with Crippen LogP contribution in [0.15, 0.2) is 85.1 Å². The number of H-pyrrole nitrogens is 1. The van der Waals surface area contributed by atoms with Gasteiger partial charge in [-0.1, -0.05) is 66.7 Å². The Morgan fingerprint density at radius 1 is 1.00 bits per heavy atom. The number of rotatable bonds is 5. The van der Waals surface area contributed by atoms with Gasteiger partial charge in [-0.2, -0.15) is 0 Å². The number of anilines is 1. The van der Waals surface area contributed by atoms with Gasteiger partial charge in [0.05, 0.1) is 18.1 Å². The number of hydrogen-bond acceptors (Lipinski definition) is 4. The van der Waals surface area contributed by atoms with Gasteiger partial charge >= 0.3 is 6.09 Å². The minimum Gasteiger partial charge on any atom is -0.444 e. The SMILES string of the molecule is CC(C)(C)OC(=O)N[C@@H](Cc1c[nH]c2ccccc12)[C@H]1CN[C@H](c2ccccc2)c2ccccc2N1. The molecule has 1 amide bonds. The predicted molar refractivity (Wildman–Crippen MR) is 145 cm³/mol. The number of carbonyl (C=O) groups is 1. The first-order chi connectivity index (χ1) is 17.4. The summed E-state index contributed by atoms with van der Waals surface area (Å²) in [6.07, 6.45) is 2.28. The largest absolute Gasteiger partial charge is 0.444 e. The number of amides is 1. The summed E-state index contributed by atoms with van der Waals surface area (Å²) < 4.78 is 5.65. The van der Waals surface area contributed by atoms with E-state index >= 15 is 0 Å². The highest BCUT2D eigenvalue weighted by Crippen LogP contribution is 2.32. The summed E-state index contributed by atoms with van der Waals surface area (Å²) in [5.74, 6) is 0. The Labute approximate surface area is 212 Å². The standard InChI is InChI=1S/C30H34N4O2/c1-30(2,3)36-29(35)34-26(17-21-18-31-24-15-9-7-13-22(21)24)27-19-32-28(20-11-5-4-6-12-20)23-14-8-10-16-25(23)33-27/h4-16,18,26-28,31-33H,17,19H2,1-3H3,(H,34,35)/t26-,27+,28+/m0/s1. The molecule has 186 valence electrons. The predicted octanol–water partition coefficient (Wildman–Crippen LogP) is 5.78. The summed E-state index contributed by atoms with van der Waals surface area (Å²) in [6.45, 7) is 6.31. The molecule has 3 aromatic carbocycles. The molecule has 1 aromatic heterocycles. The van der Waals surface area contributed by atoms with E-state index in [-0.39, 0.29) is 18.1 Å². The van der Waals surface area contributed by atoms with Crippen molar-refractivity contribution in [2.24, 2.45) is 0 Å². The topological polar surface area (TPSA) is 78.2 Å². The Hall–Kier alpha value is -3.77. The van der Waals surface area contributed by atoms with Crippen LogP contribution in [0.25, 0.3) is 10.9 Å². The smallest absolute Gasteiger partial charge is 0.407 e. The van der Waals surface area contributed by atoms with Crippen molar-refractivity contribution < 1.29 is 9.53 Å². The van der Waals surface area contributed by atoms with Crippen LogP contribution < -0.4 is 16.0 Å². The third-order valence-electron chi connectivity index (χ3n) is 6.59. The second kappa shape index (κ2) is 10.1. The van der Waals surface area contributed by atoms with Crippen LogP contribution in [0.3, 0.4) is 0 Å². The molecule has 5 rings (SSSR count). The van der Waals surface area contributed by atoms with Gasteiger partial charge in [0, 0.05) is 29.3 Å². The molecule has 2 heterocycles. The van der Waals surface area contributed by atoms with Crippen molar-refractivity contribution in [3.05, 3.63) is 102 Å². The summed E-state index contributed by atoms with van der Waals surface area (Å²) in [7, 11) is 0. The Kier molecular flexibility index (Phi) is 6.70. The zero-order valence-corrected chi connectivity index (χ0v) is 21.0. The van der Waals surface area contributed by atoms with E-state index < -0.39 is 11.7 Å². The summed E-state index contributed by atoms with van der Waals surface area (Å²) in [5.41, 5.74) is 5.14. The van der Waals surface area contributed by atoms with E-state index in [1.807, 2.05) is 51.2 Å². The molecular formula is C30H34N4O2. The maximum Gasteiger partial charge on any atom is 0.407 e. The molecule has 0 saturated heterocycles. The van der Waals surface area contributed by atoms with Gasteiger partial charge in [-0.05, 0) is 56.0 Å². The Balaban J connectivity index is 1.47. The van der Waals surface area contributed by atoms with E-state index in [0.717, 1.165) is 22.2 Å². The van der Waals surface area contributed by atoms with E-state index in [1.165, 1.54) is 11.1 Å². The van der Waals surface area contributed by atoms with Crippen LogP contribution >= 0.6 is 0 Å². The van der Waals surface area contributed by atoms with Crippen LogP contribution in [-0.4, -0.2) is 35.3 Å². The molecule has 1 aliphatic heterocycles. The zero-order chi connectivity index (χ0) is 25.1. The maximum atomic E-state index is 12.9. The van der Waals surface area contributed by atoms with Crippen molar-refractivity contribution in [3.8, 4) is 0 Å². The fraction of sp³-hybridized carbons (Fsp3) is 0.300. The van der Waals surface area contributed by atoms with Gasteiger partial charge in [0.2, 0.25) is 0 Å². The number of ether oxygens (including phenoxy) is 1. The van der Waals surface area contributed by atoms with E-state index in [2.05, 4.69) is 75.5 Å². The molecule has 0 fully saturated rings. The quantitative estimate of drug-likeness (QED) is 0.291. The summed E-state index contributed by atoms with van der Waals surface area (Å²) in [6, 6.07) is 26.9. The summed E-state index contributed by atoms with van der Waals surface area (Å²) in [5, 5.41) is 11.9. The van der Waals surface area contributed by atoms with Gasteiger partial charge in [-0.3, -0.25) is 0 Å². The van der Waals surface area contributed by atoms with Crippen molar-refractivity contribution in [3.63, 3.8) is 0 Å². The first-order valence-electron chi connectivity index (χ1n) is 12.6. The number of carbonyl (C=O) groups excluding carboxylic acids is 1. The number of benzene rings is 3. The van der Waals surface area contributed by atoms with E-state index in [4.69, 9.17) is 4.74 Å². The second-order valence-corrected chi connectivity index (χ2v) is 10.4. The van der Waals surface area contributed by atoms with Gasteiger partial charge < -0.3 is 25.7 Å². The van der Waals surface area contributed by atoms with Crippen LogP contribution in [0.4, 0.5) is 10.5 Å². The van der Waals surface area contributed by atoms with Crippen molar-refractivity contribution in [2.45, 2.75) is 50.9 Å². The Morgan fingerprint density at radius 3 is 2.53 bits per heavy atom. The van der Waals surface area contributed by atoms with Gasteiger partial charge in [-0.25, -0.2) is 4.79 Å². The number of nitrogens with one attached hydrogen (secondary N) is 4. The molecule has 0 radical (unpaired) electrons. The van der Waals surface area contributed by atoms with E-state index in [0.29, 0.717) is 13.0 Å². The van der Waals surface area contributed by atoms with Gasteiger partial charge in [0.1, 0.15) is 5.60 Å². The fourth-order valence-electron chi connectivity index (χ4n) is 4.96. The molecule has 6 nitrogen and oxygen atoms in total. The van der Waals surface area contributed by atoms with Crippen LogP contribution in [0.5, 0.6) is 0 Å². The third kappa shape index (κ3) is 5.39. The molecule has 0 bridgehead atoms. The lowest BCUT2D eigenvalue weighted by atomic mass is 9.97. The molecule has 0 saturated carbocycles. The van der Waals surface area contributed by atoms with Crippen molar-refractivity contribution in [1.82, 2.24) is 15.6 Å². The first kappa shape index (κ1) is 23.9. The van der Waals surface area contributed by atoms with Crippen LogP contribution in [0.1, 0.15) is 43.5 Å². The van der Waals surface area contributed by atoms with Gasteiger partial charge in [-0.15, -0.1) is 0 Å². The van der Waals surface area contributed by atoms with Crippen molar-refractivity contribution in [2.75, 3.05) is 11.9 Å². The summed E-state index contributed by atoms with van der Waals surface area (Å²) >= 11 is 0. The van der Waals surface area contributed by atoms with Gasteiger partial charge in [0.25, 0.3) is 0 Å². The van der Waals surface area contributed by atoms with E-state index in [9.17, 15) is 4.79 Å². The fourth-order valence-corrected chi connectivity index (χ4v) is 4.96. The third-order valence-corrected chi connectivity index (χ3v) is 6.59. The number of alkyl carbamates (subject to hydrolysis) is 1. The second-order valence-electron chi connectivity index (χ2n) is 10.4. The Bertz CT molecular complexity index is 1330. The minimum atomic E-state index is -0.574. The van der Waals surface area contributed by atoms with Crippen LogP contribution in [0, 0.1) is 0 Å². The normalized spacial score (nSPS) is 18.5. The van der Waals surface area contributed by atoms with Crippen molar-refractivity contribution in [1.29, 1.82) is 0 Å². The lowest BCUT2D eigenvalue weighted by Gasteiger charge is -2.30. The highest BCUT2D eigenvalue weighted by molar-refractivity contribution is 5.83. The van der Waals surface area contributed by atoms with Crippen molar-refractivity contribution >= 4 is 22.7 Å². The number of aromatic nitrogens is 1. The summed E-state index contributed by atoms with van der Waals surface area (Å²) in [4.78, 5) is 16.3. The number of hydrogen-bond donors (Lipinski definition) is 4. The molecule has 6 heteroatoms. The van der Waals surface area contributed by atoms with Gasteiger partial charge in [0.15, 0.2) is 0 Å². The zero-order valence-electron chi connectivity index (χ0n) is 21.0. The maximum absolute atomic E-state index is 12.9. The number of fused-ring (bicyclic) bond motifs is 2. The van der Waals surface area contributed by atoms with Crippen LogP contribution in [0.2, 0.25) is 0 Å². The molecule has 0 spiro atoms. The highest BCUT2D eigenvalue weighted by Gasteiger charge is 2.31. The monoisotopic (exact) mass is 482 g/mol. The first-order valence-corrected chi connectivity index (χ1v) is 12.6. The molecule has 1 aliphatic rings. The molecule has 0 aliphatic carbocycles. The minimum absolute atomic E-state index is 0.0511. The average molecular weight is 483 g/mol. The average Bonchev–Trinajstić information content (AvgIpc) is 3.15.